The second-order valence-electron chi connectivity index (χ2n) is 5.94. The molecule has 1 unspecified atom stereocenters. The lowest BCUT2D eigenvalue weighted by molar-refractivity contribution is 0.408. The third-order valence-electron chi connectivity index (χ3n) is 4.57. The minimum absolute atomic E-state index is 0.522. The summed E-state index contributed by atoms with van der Waals surface area (Å²) in [5, 5.41) is 3.40. The molecule has 1 aliphatic rings. The zero-order chi connectivity index (χ0) is 15.0. The van der Waals surface area contributed by atoms with Crippen LogP contribution in [-0.4, -0.2) is 14.2 Å². The lowest BCUT2D eigenvalue weighted by Gasteiger charge is -2.13. The first-order valence-electron chi connectivity index (χ1n) is 7.59. The number of hydrogen-bond donors (Lipinski definition) is 1. The Morgan fingerprint density at radius 2 is 1.76 bits per heavy atom. The van der Waals surface area contributed by atoms with Crippen molar-refractivity contribution in [3.63, 3.8) is 0 Å². The summed E-state index contributed by atoms with van der Waals surface area (Å²) in [5.41, 5.74) is 7.92. The molecule has 0 spiro atoms. The Morgan fingerprint density at radius 3 is 2.38 bits per heavy atom. The molecule has 0 aromatic heterocycles. The van der Waals surface area contributed by atoms with Crippen LogP contribution in [0.4, 0.5) is 0 Å². The third-order valence-corrected chi connectivity index (χ3v) is 4.57. The molecule has 0 saturated carbocycles. The Hall–Kier alpha value is -1.80. The van der Waals surface area contributed by atoms with Gasteiger partial charge in [-0.05, 0) is 79.3 Å². The zero-order valence-electron chi connectivity index (χ0n) is 13.3. The van der Waals surface area contributed by atoms with E-state index in [1.807, 2.05) is 7.05 Å². The molecule has 3 rings (SSSR count). The Bertz CT molecular complexity index is 652. The van der Waals surface area contributed by atoms with Gasteiger partial charge in [-0.1, -0.05) is 18.2 Å². The van der Waals surface area contributed by atoms with Crippen LogP contribution in [0, 0.1) is 13.8 Å². The number of hydrogen-bond acceptors (Lipinski definition) is 2. The van der Waals surface area contributed by atoms with Gasteiger partial charge in [0.1, 0.15) is 5.75 Å². The van der Waals surface area contributed by atoms with E-state index in [4.69, 9.17) is 4.74 Å². The van der Waals surface area contributed by atoms with Crippen LogP contribution in [0.25, 0.3) is 11.1 Å². The summed E-state index contributed by atoms with van der Waals surface area (Å²) in [6.07, 6.45) is 2.37. The molecular formula is C19H23NO. The average molecular weight is 281 g/mol. The maximum absolute atomic E-state index is 5.46. The summed E-state index contributed by atoms with van der Waals surface area (Å²) >= 11 is 0. The minimum Gasteiger partial charge on any atom is -0.496 e. The van der Waals surface area contributed by atoms with Gasteiger partial charge in [0.05, 0.1) is 7.11 Å². The maximum Gasteiger partial charge on any atom is 0.124 e. The summed E-state index contributed by atoms with van der Waals surface area (Å²) < 4.78 is 5.46. The Balaban J connectivity index is 2.02. The van der Waals surface area contributed by atoms with Crippen molar-refractivity contribution in [2.75, 3.05) is 14.2 Å². The number of fused-ring (bicyclic) bond motifs is 1. The average Bonchev–Trinajstić information content (AvgIpc) is 2.89. The van der Waals surface area contributed by atoms with Crippen molar-refractivity contribution in [2.24, 2.45) is 0 Å². The predicted octanol–water partition coefficient (Wildman–Crippen LogP) is 4.19. The molecule has 2 aromatic rings. The molecule has 2 aromatic carbocycles. The highest BCUT2D eigenvalue weighted by molar-refractivity contribution is 5.69. The van der Waals surface area contributed by atoms with Gasteiger partial charge in [-0.2, -0.15) is 0 Å². The van der Waals surface area contributed by atoms with Gasteiger partial charge in [-0.15, -0.1) is 0 Å². The SMILES string of the molecule is CNC1CCc2cc(-c3cc(C)c(OC)c(C)c3)ccc21. The van der Waals surface area contributed by atoms with Crippen LogP contribution < -0.4 is 10.1 Å². The smallest absolute Gasteiger partial charge is 0.124 e. The van der Waals surface area contributed by atoms with Crippen LogP contribution in [0.15, 0.2) is 30.3 Å². The van der Waals surface area contributed by atoms with Gasteiger partial charge in [0, 0.05) is 6.04 Å². The molecule has 110 valence electrons. The van der Waals surface area contributed by atoms with Crippen LogP contribution in [0.2, 0.25) is 0 Å². The Labute approximate surface area is 127 Å². The molecule has 0 aliphatic heterocycles. The Kier molecular flexibility index (Phi) is 3.73. The van der Waals surface area contributed by atoms with Crippen LogP contribution in [0.1, 0.15) is 34.7 Å². The lowest BCUT2D eigenvalue weighted by atomic mass is 9.96. The van der Waals surface area contributed by atoms with E-state index < -0.39 is 0 Å². The number of rotatable bonds is 3. The summed E-state index contributed by atoms with van der Waals surface area (Å²) in [5.74, 6) is 0.996. The first kappa shape index (κ1) is 14.2. The van der Waals surface area contributed by atoms with Gasteiger partial charge in [-0.25, -0.2) is 0 Å². The summed E-state index contributed by atoms with van der Waals surface area (Å²) in [7, 11) is 3.78. The van der Waals surface area contributed by atoms with Gasteiger partial charge < -0.3 is 10.1 Å². The van der Waals surface area contributed by atoms with Crippen molar-refractivity contribution in [2.45, 2.75) is 32.7 Å². The highest BCUT2D eigenvalue weighted by Crippen LogP contribution is 2.35. The molecule has 1 N–H and O–H groups in total. The summed E-state index contributed by atoms with van der Waals surface area (Å²) in [4.78, 5) is 0. The normalized spacial score (nSPS) is 16.9. The van der Waals surface area contributed by atoms with Crippen molar-refractivity contribution in [3.8, 4) is 16.9 Å². The first-order valence-corrected chi connectivity index (χ1v) is 7.59. The highest BCUT2D eigenvalue weighted by atomic mass is 16.5. The fourth-order valence-electron chi connectivity index (χ4n) is 3.54. The maximum atomic E-state index is 5.46. The van der Waals surface area contributed by atoms with Gasteiger partial charge in [-0.3, -0.25) is 0 Å². The molecule has 0 bridgehead atoms. The monoisotopic (exact) mass is 281 g/mol. The van der Waals surface area contributed by atoms with E-state index in [0.29, 0.717) is 6.04 Å². The second-order valence-corrected chi connectivity index (χ2v) is 5.94. The molecule has 0 fully saturated rings. The molecule has 2 heteroatoms. The summed E-state index contributed by atoms with van der Waals surface area (Å²) in [6.45, 7) is 4.22. The van der Waals surface area contributed by atoms with E-state index in [-0.39, 0.29) is 0 Å². The minimum atomic E-state index is 0.522. The molecule has 0 saturated heterocycles. The summed E-state index contributed by atoms with van der Waals surface area (Å²) in [6, 6.07) is 11.8. The van der Waals surface area contributed by atoms with Crippen molar-refractivity contribution < 1.29 is 4.74 Å². The molecule has 1 aliphatic carbocycles. The van der Waals surface area contributed by atoms with Crippen LogP contribution in [0.3, 0.4) is 0 Å². The largest absolute Gasteiger partial charge is 0.496 e. The van der Waals surface area contributed by atoms with E-state index in [1.54, 1.807) is 7.11 Å². The fraction of sp³-hybridized carbons (Fsp3) is 0.368. The molecule has 21 heavy (non-hydrogen) atoms. The van der Waals surface area contributed by atoms with Gasteiger partial charge >= 0.3 is 0 Å². The fourth-order valence-corrected chi connectivity index (χ4v) is 3.54. The van der Waals surface area contributed by atoms with Crippen molar-refractivity contribution in [1.29, 1.82) is 0 Å². The number of aryl methyl sites for hydroxylation is 3. The quantitative estimate of drug-likeness (QED) is 0.911. The van der Waals surface area contributed by atoms with Crippen molar-refractivity contribution >= 4 is 0 Å². The number of benzene rings is 2. The number of ether oxygens (including phenoxy) is 1. The van der Waals surface area contributed by atoms with E-state index >= 15 is 0 Å². The van der Waals surface area contributed by atoms with E-state index in [2.05, 4.69) is 49.5 Å². The van der Waals surface area contributed by atoms with Crippen LogP contribution >= 0.6 is 0 Å². The third kappa shape index (κ3) is 2.44. The predicted molar refractivity (Wildman–Crippen MR) is 88.0 cm³/mol. The zero-order valence-corrected chi connectivity index (χ0v) is 13.3. The van der Waals surface area contributed by atoms with Gasteiger partial charge in [0.15, 0.2) is 0 Å². The molecule has 2 nitrogen and oxygen atoms in total. The molecule has 0 heterocycles. The Morgan fingerprint density at radius 1 is 1.05 bits per heavy atom. The van der Waals surface area contributed by atoms with Crippen LogP contribution in [-0.2, 0) is 6.42 Å². The van der Waals surface area contributed by atoms with Crippen LogP contribution in [0.5, 0.6) is 5.75 Å². The number of methoxy groups -OCH3 is 1. The second kappa shape index (κ2) is 5.53. The van der Waals surface area contributed by atoms with Gasteiger partial charge in [0.2, 0.25) is 0 Å². The topological polar surface area (TPSA) is 21.3 Å². The number of nitrogens with one attached hydrogen (secondary N) is 1. The molecule has 0 amide bonds. The van der Waals surface area contributed by atoms with Crippen molar-refractivity contribution in [3.05, 3.63) is 52.6 Å². The molecule has 1 atom stereocenters. The first-order chi connectivity index (χ1) is 10.1. The van der Waals surface area contributed by atoms with E-state index in [1.165, 1.54) is 46.2 Å². The van der Waals surface area contributed by atoms with Gasteiger partial charge in [0.25, 0.3) is 0 Å². The standard InChI is InChI=1S/C19H23NO/c1-12-9-16(10-13(2)19(12)21-4)14-5-7-17-15(11-14)6-8-18(17)20-3/h5,7,9-11,18,20H,6,8H2,1-4H3. The molecule has 0 radical (unpaired) electrons. The van der Waals surface area contributed by atoms with E-state index in [0.717, 1.165) is 5.75 Å². The van der Waals surface area contributed by atoms with E-state index in [9.17, 15) is 0 Å². The molecular weight excluding hydrogens is 258 g/mol. The lowest BCUT2D eigenvalue weighted by Crippen LogP contribution is -2.12. The van der Waals surface area contributed by atoms with Crippen molar-refractivity contribution in [1.82, 2.24) is 5.32 Å². The highest BCUT2D eigenvalue weighted by Gasteiger charge is 2.21.